The van der Waals surface area contributed by atoms with Gasteiger partial charge in [0.15, 0.2) is 11.5 Å². The number of unbranched alkanes of at least 4 members (excludes halogenated alkanes) is 22. The molecule has 0 aromatic carbocycles. The Labute approximate surface area is 289 Å². The molecule has 2 aliphatic rings. The summed E-state index contributed by atoms with van der Waals surface area (Å²) >= 11 is 0. The van der Waals surface area contributed by atoms with E-state index >= 15 is 0 Å². The molecule has 48 heavy (non-hydrogen) atoms. The van der Waals surface area contributed by atoms with Crippen molar-refractivity contribution < 1.29 is 9.59 Å². The zero-order valence-electron chi connectivity index (χ0n) is 30.5. The van der Waals surface area contributed by atoms with E-state index in [4.69, 9.17) is 0 Å². The Morgan fingerprint density at radius 2 is 1.12 bits per heavy atom. The first-order valence-corrected chi connectivity index (χ1v) is 19.7. The highest BCUT2D eigenvalue weighted by Gasteiger charge is 2.26. The van der Waals surface area contributed by atoms with Gasteiger partial charge in [0.1, 0.15) is 23.9 Å². The number of carbonyl (C=O) groups excluding carboxylic acids is 2. The zero-order chi connectivity index (χ0) is 34.4. The van der Waals surface area contributed by atoms with Crippen molar-refractivity contribution in [3.63, 3.8) is 0 Å². The minimum absolute atomic E-state index is 0.0880. The van der Waals surface area contributed by atoms with Gasteiger partial charge in [0.2, 0.25) is 11.8 Å². The van der Waals surface area contributed by atoms with Crippen molar-refractivity contribution in [2.24, 2.45) is 5.92 Å². The maximum atomic E-state index is 13.3. The lowest BCUT2D eigenvalue weighted by Crippen LogP contribution is -2.24. The fourth-order valence-electron chi connectivity index (χ4n) is 6.71. The summed E-state index contributed by atoms with van der Waals surface area (Å²) in [6.45, 7) is 6.45. The van der Waals surface area contributed by atoms with Crippen LogP contribution in [0.1, 0.15) is 197 Å². The molecule has 9 nitrogen and oxygen atoms in total. The number of hydrogen-bond acceptors (Lipinski definition) is 7. The SMILES string of the molecule is CCCCCCCCCCCCCCCCCC(=O)n1c2ncnc3c(ncn3C(=O)C(C)CCCCCCCCCCC)c-2nc1=O. The second-order valence-corrected chi connectivity index (χ2v) is 14.0. The monoisotopic (exact) mass is 665 g/mol. The number of carbonyl (C=O) groups is 2. The Morgan fingerprint density at radius 1 is 0.646 bits per heavy atom. The first kappa shape index (κ1) is 39.5. The lowest BCUT2D eigenvalue weighted by atomic mass is 10.0. The minimum Gasteiger partial charge on any atom is -0.274 e. The number of nitrogens with zero attached hydrogens (tertiary/aromatic N) is 6. The fourth-order valence-corrected chi connectivity index (χ4v) is 6.71. The number of hydrogen-bond donors (Lipinski definition) is 0. The van der Waals surface area contributed by atoms with E-state index in [-0.39, 0.29) is 35.7 Å². The van der Waals surface area contributed by atoms with Crippen LogP contribution in [-0.4, -0.2) is 40.9 Å². The van der Waals surface area contributed by atoms with Gasteiger partial charge in [0, 0.05) is 12.3 Å². The fraction of sp³-hybridized carbons (Fsp3) is 0.769. The molecule has 0 fully saturated rings. The predicted molar refractivity (Wildman–Crippen MR) is 196 cm³/mol. The van der Waals surface area contributed by atoms with Crippen LogP contribution in [0.5, 0.6) is 0 Å². The summed E-state index contributed by atoms with van der Waals surface area (Å²) in [5.41, 5.74) is 0.161. The molecule has 0 aliphatic carbocycles. The van der Waals surface area contributed by atoms with Gasteiger partial charge < -0.3 is 0 Å². The average molecular weight is 665 g/mol. The average Bonchev–Trinajstić information content (AvgIpc) is 3.60. The molecule has 1 atom stereocenters. The second kappa shape index (κ2) is 23.4. The Kier molecular flexibility index (Phi) is 19.2. The van der Waals surface area contributed by atoms with E-state index in [0.717, 1.165) is 43.1 Å². The molecule has 0 N–H and O–H groups in total. The van der Waals surface area contributed by atoms with Crippen LogP contribution in [0.3, 0.4) is 0 Å². The van der Waals surface area contributed by atoms with Crippen molar-refractivity contribution in [2.45, 2.75) is 188 Å². The van der Waals surface area contributed by atoms with Crippen LogP contribution in [0.4, 0.5) is 0 Å². The molecule has 1 unspecified atom stereocenters. The lowest BCUT2D eigenvalue weighted by molar-refractivity contribution is 0.0840. The van der Waals surface area contributed by atoms with Gasteiger partial charge in [0.05, 0.1) is 0 Å². The molecule has 268 valence electrons. The molecular weight excluding hydrogens is 600 g/mol. The van der Waals surface area contributed by atoms with Crippen LogP contribution < -0.4 is 5.69 Å². The van der Waals surface area contributed by atoms with Gasteiger partial charge >= 0.3 is 5.69 Å². The van der Waals surface area contributed by atoms with Crippen molar-refractivity contribution in [3.05, 3.63) is 23.1 Å². The van der Waals surface area contributed by atoms with Gasteiger partial charge in [-0.3, -0.25) is 14.2 Å². The molecule has 0 spiro atoms. The van der Waals surface area contributed by atoms with E-state index in [9.17, 15) is 14.4 Å². The summed E-state index contributed by atoms with van der Waals surface area (Å²) in [5, 5.41) is 0. The van der Waals surface area contributed by atoms with E-state index < -0.39 is 5.69 Å². The molecule has 0 radical (unpaired) electrons. The molecule has 0 amide bonds. The molecule has 1 aromatic rings. The normalized spacial score (nSPS) is 12.3. The number of rotatable bonds is 27. The second-order valence-electron chi connectivity index (χ2n) is 14.0. The van der Waals surface area contributed by atoms with Crippen LogP contribution in [0.15, 0.2) is 17.4 Å². The van der Waals surface area contributed by atoms with Crippen molar-refractivity contribution >= 4 is 23.0 Å². The number of imidazole rings is 2. The molecule has 2 aliphatic heterocycles. The highest BCUT2D eigenvalue weighted by atomic mass is 16.2. The maximum Gasteiger partial charge on any atom is 0.356 e. The third-order valence-corrected chi connectivity index (χ3v) is 9.79. The topological polar surface area (TPSA) is 113 Å². The molecule has 0 bridgehead atoms. The Morgan fingerprint density at radius 3 is 1.65 bits per heavy atom. The first-order valence-electron chi connectivity index (χ1n) is 19.7. The summed E-state index contributed by atoms with van der Waals surface area (Å²) in [6, 6.07) is 0. The van der Waals surface area contributed by atoms with Crippen LogP contribution in [-0.2, 0) is 0 Å². The molecule has 9 heteroatoms. The molecule has 0 saturated carbocycles. The highest BCUT2D eigenvalue weighted by molar-refractivity contribution is 5.95. The summed E-state index contributed by atoms with van der Waals surface area (Å²) < 4.78 is 2.49. The standard InChI is InChI=1S/C39H64N6O3/c1-4-6-8-10-12-14-15-16-17-18-19-21-23-25-27-29-33(46)45-37-35(43-39(45)48)34-36(40-30-41-37)44(31-42-34)38(47)32(3)28-26-24-22-20-13-11-9-7-5-2/h30-32H,4-29H2,1-3H3. The molecule has 3 rings (SSSR count). The van der Waals surface area contributed by atoms with Crippen molar-refractivity contribution in [1.29, 1.82) is 0 Å². The minimum atomic E-state index is -0.657. The van der Waals surface area contributed by atoms with Gasteiger partial charge in [-0.15, -0.1) is 0 Å². The van der Waals surface area contributed by atoms with Gasteiger partial charge in [-0.2, -0.15) is 4.98 Å². The van der Waals surface area contributed by atoms with Crippen molar-refractivity contribution in [2.75, 3.05) is 0 Å². The Hall–Kier alpha value is -2.97. The van der Waals surface area contributed by atoms with Crippen LogP contribution in [0, 0.1) is 5.92 Å². The Balaban J connectivity index is 1.40. The quantitative estimate of drug-likeness (QED) is 0.0745. The zero-order valence-corrected chi connectivity index (χ0v) is 30.5. The predicted octanol–water partition coefficient (Wildman–Crippen LogP) is 10.6. The Bertz CT molecular complexity index is 1370. The van der Waals surface area contributed by atoms with E-state index in [0.29, 0.717) is 11.2 Å². The van der Waals surface area contributed by atoms with Crippen LogP contribution in [0.2, 0.25) is 0 Å². The van der Waals surface area contributed by atoms with Crippen molar-refractivity contribution in [1.82, 2.24) is 29.1 Å². The smallest absolute Gasteiger partial charge is 0.274 e. The van der Waals surface area contributed by atoms with E-state index in [1.165, 1.54) is 139 Å². The highest BCUT2D eigenvalue weighted by Crippen LogP contribution is 2.24. The summed E-state index contributed by atoms with van der Waals surface area (Å²) in [7, 11) is 0. The third-order valence-electron chi connectivity index (χ3n) is 9.79. The van der Waals surface area contributed by atoms with Gasteiger partial charge in [-0.1, -0.05) is 168 Å². The first-order chi connectivity index (χ1) is 23.5. The van der Waals surface area contributed by atoms with E-state index in [2.05, 4.69) is 33.8 Å². The molecule has 3 heterocycles. The molecular formula is C39H64N6O3. The summed E-state index contributed by atoms with van der Waals surface area (Å²) in [5.74, 6) is -0.440. The van der Waals surface area contributed by atoms with Gasteiger partial charge in [0.25, 0.3) is 0 Å². The summed E-state index contributed by atoms with van der Waals surface area (Å²) in [6.07, 6.45) is 33.8. The van der Waals surface area contributed by atoms with Gasteiger partial charge in [-0.25, -0.2) is 24.3 Å². The number of aromatic nitrogens is 6. The van der Waals surface area contributed by atoms with Gasteiger partial charge in [-0.05, 0) is 12.8 Å². The lowest BCUT2D eigenvalue weighted by Gasteiger charge is -2.10. The largest absolute Gasteiger partial charge is 0.356 e. The third kappa shape index (κ3) is 13.1. The van der Waals surface area contributed by atoms with Crippen molar-refractivity contribution in [3.8, 4) is 11.5 Å². The molecule has 0 saturated heterocycles. The van der Waals surface area contributed by atoms with Crippen LogP contribution in [0.25, 0.3) is 22.7 Å². The molecule has 1 aromatic heterocycles. The summed E-state index contributed by atoms with van der Waals surface area (Å²) in [4.78, 5) is 56.6. The van der Waals surface area contributed by atoms with Crippen LogP contribution >= 0.6 is 0 Å². The maximum absolute atomic E-state index is 13.3. The van der Waals surface area contributed by atoms with E-state index in [1.807, 2.05) is 6.92 Å². The van der Waals surface area contributed by atoms with E-state index in [1.54, 1.807) is 0 Å². The number of fused-ring (bicyclic) bond motifs is 3.